The van der Waals surface area contributed by atoms with Crippen molar-refractivity contribution in [3.8, 4) is 17.2 Å². The first-order valence-electron chi connectivity index (χ1n) is 10.4. The summed E-state index contributed by atoms with van der Waals surface area (Å²) in [4.78, 5) is 0. The molecule has 0 amide bonds. The molecule has 0 spiro atoms. The highest BCUT2D eigenvalue weighted by Gasteiger charge is 2.06. The summed E-state index contributed by atoms with van der Waals surface area (Å²) in [5, 5.41) is 6.79. The van der Waals surface area contributed by atoms with Crippen LogP contribution in [0.2, 0.25) is 0 Å². The van der Waals surface area contributed by atoms with E-state index in [2.05, 4.69) is 46.9 Å². The second-order valence-corrected chi connectivity index (χ2v) is 7.25. The molecule has 1 N–H and O–H groups in total. The quantitative estimate of drug-likeness (QED) is 0.281. The van der Waals surface area contributed by atoms with Gasteiger partial charge in [-0.25, -0.2) is 0 Å². The van der Waals surface area contributed by atoms with E-state index in [1.165, 1.54) is 10.8 Å². The number of hydrazone groups is 1. The smallest absolute Gasteiger partial charge is 0.161 e. The van der Waals surface area contributed by atoms with Gasteiger partial charge in [0.25, 0.3) is 0 Å². The maximum atomic E-state index is 6.15. The fraction of sp³-hybridized carbons (Fsp3) is 0.148. The SMILES string of the molecule is COc1ccc(CN/N=C/c2ccccc2OCc2cccc3ccccc23)cc1OC. The molecule has 4 rings (SSSR count). The van der Waals surface area contributed by atoms with Crippen molar-refractivity contribution in [2.24, 2.45) is 5.10 Å². The highest BCUT2D eigenvalue weighted by Crippen LogP contribution is 2.27. The normalized spacial score (nSPS) is 10.9. The zero-order valence-electron chi connectivity index (χ0n) is 18.2. The molecule has 0 aliphatic carbocycles. The Hall–Kier alpha value is -3.99. The van der Waals surface area contributed by atoms with Crippen molar-refractivity contribution in [2.45, 2.75) is 13.2 Å². The van der Waals surface area contributed by atoms with E-state index in [0.717, 1.165) is 22.4 Å². The Balaban J connectivity index is 1.40. The Morgan fingerprint density at radius 2 is 1.56 bits per heavy atom. The molecule has 0 bridgehead atoms. The molecule has 0 fully saturated rings. The molecule has 0 atom stereocenters. The maximum absolute atomic E-state index is 6.15. The fourth-order valence-electron chi connectivity index (χ4n) is 3.54. The zero-order chi connectivity index (χ0) is 22.2. The van der Waals surface area contributed by atoms with Crippen LogP contribution in [0.15, 0.2) is 90.0 Å². The Morgan fingerprint density at radius 1 is 0.781 bits per heavy atom. The molecule has 0 radical (unpaired) electrons. The van der Waals surface area contributed by atoms with Crippen LogP contribution in [0.4, 0.5) is 0 Å². The molecule has 0 saturated carbocycles. The minimum atomic E-state index is 0.491. The third-order valence-corrected chi connectivity index (χ3v) is 5.21. The van der Waals surface area contributed by atoms with Gasteiger partial charge >= 0.3 is 0 Å². The minimum absolute atomic E-state index is 0.491. The van der Waals surface area contributed by atoms with Gasteiger partial charge in [0.1, 0.15) is 12.4 Å². The van der Waals surface area contributed by atoms with Crippen molar-refractivity contribution in [2.75, 3.05) is 14.2 Å². The number of rotatable bonds is 9. The molecule has 5 nitrogen and oxygen atoms in total. The number of nitrogens with zero attached hydrogens (tertiary/aromatic N) is 1. The van der Waals surface area contributed by atoms with E-state index in [0.29, 0.717) is 24.7 Å². The lowest BCUT2D eigenvalue weighted by Gasteiger charge is -2.11. The van der Waals surface area contributed by atoms with Crippen molar-refractivity contribution in [1.29, 1.82) is 0 Å². The summed E-state index contributed by atoms with van der Waals surface area (Å²) in [6.07, 6.45) is 1.78. The second-order valence-electron chi connectivity index (χ2n) is 7.25. The summed E-state index contributed by atoms with van der Waals surface area (Å²) in [5.74, 6) is 2.19. The standard InChI is InChI=1S/C27H26N2O3/c1-30-26-15-14-20(16-27(26)31-2)17-28-29-18-22-9-4-6-13-25(22)32-19-23-11-7-10-21-8-3-5-12-24(21)23/h3-16,18,28H,17,19H2,1-2H3/b29-18+. The van der Waals surface area contributed by atoms with Crippen molar-refractivity contribution in [1.82, 2.24) is 5.43 Å². The largest absolute Gasteiger partial charge is 0.493 e. The molecule has 0 aromatic heterocycles. The van der Waals surface area contributed by atoms with Gasteiger partial charge in [0.2, 0.25) is 0 Å². The molecule has 4 aromatic carbocycles. The van der Waals surface area contributed by atoms with Crippen molar-refractivity contribution >= 4 is 17.0 Å². The van der Waals surface area contributed by atoms with Gasteiger partial charge in [-0.15, -0.1) is 0 Å². The molecule has 5 heteroatoms. The van der Waals surface area contributed by atoms with Crippen LogP contribution in [-0.2, 0) is 13.2 Å². The summed E-state index contributed by atoms with van der Waals surface area (Å²) in [6, 6.07) is 28.3. The lowest BCUT2D eigenvalue weighted by atomic mass is 10.1. The third kappa shape index (κ3) is 5.01. The summed E-state index contributed by atoms with van der Waals surface area (Å²) in [7, 11) is 3.25. The third-order valence-electron chi connectivity index (χ3n) is 5.21. The zero-order valence-corrected chi connectivity index (χ0v) is 18.2. The predicted molar refractivity (Wildman–Crippen MR) is 129 cm³/mol. The van der Waals surface area contributed by atoms with Crippen LogP contribution in [0.25, 0.3) is 10.8 Å². The molecule has 0 unspecified atom stereocenters. The van der Waals surface area contributed by atoms with E-state index in [4.69, 9.17) is 14.2 Å². The maximum Gasteiger partial charge on any atom is 0.161 e. The monoisotopic (exact) mass is 426 g/mol. The van der Waals surface area contributed by atoms with E-state index in [-0.39, 0.29) is 0 Å². The Morgan fingerprint density at radius 3 is 2.44 bits per heavy atom. The van der Waals surface area contributed by atoms with E-state index in [1.54, 1.807) is 20.4 Å². The van der Waals surface area contributed by atoms with Gasteiger partial charge in [-0.1, -0.05) is 60.7 Å². The van der Waals surface area contributed by atoms with Crippen LogP contribution in [-0.4, -0.2) is 20.4 Å². The average molecular weight is 427 g/mol. The molecule has 0 heterocycles. The Labute approximate surface area is 188 Å². The Kier molecular flexibility index (Phi) is 6.88. The fourth-order valence-corrected chi connectivity index (χ4v) is 3.54. The number of methoxy groups -OCH3 is 2. The molecule has 0 aliphatic rings. The predicted octanol–water partition coefficient (Wildman–Crippen LogP) is 5.56. The van der Waals surface area contributed by atoms with Crippen LogP contribution in [0, 0.1) is 0 Å². The Bertz CT molecular complexity index is 1220. The van der Waals surface area contributed by atoms with Crippen LogP contribution in [0.5, 0.6) is 17.2 Å². The number of hydrogen-bond donors (Lipinski definition) is 1. The highest BCUT2D eigenvalue weighted by molar-refractivity contribution is 5.86. The molecule has 0 saturated heterocycles. The lowest BCUT2D eigenvalue weighted by molar-refractivity contribution is 0.307. The van der Waals surface area contributed by atoms with Gasteiger partial charge in [-0.2, -0.15) is 5.10 Å². The van der Waals surface area contributed by atoms with Crippen LogP contribution in [0.1, 0.15) is 16.7 Å². The molecule has 0 aliphatic heterocycles. The van der Waals surface area contributed by atoms with Gasteiger partial charge < -0.3 is 19.6 Å². The van der Waals surface area contributed by atoms with Crippen molar-refractivity contribution in [3.63, 3.8) is 0 Å². The first kappa shape index (κ1) is 21.2. The van der Waals surface area contributed by atoms with Crippen molar-refractivity contribution < 1.29 is 14.2 Å². The average Bonchev–Trinajstić information content (AvgIpc) is 2.85. The molecule has 162 valence electrons. The summed E-state index contributed by atoms with van der Waals surface area (Å²) in [5.41, 5.74) is 6.19. The van der Waals surface area contributed by atoms with Crippen molar-refractivity contribution in [3.05, 3.63) is 102 Å². The number of nitrogens with one attached hydrogen (secondary N) is 1. The lowest BCUT2D eigenvalue weighted by Crippen LogP contribution is -2.06. The van der Waals surface area contributed by atoms with E-state index in [1.807, 2.05) is 48.5 Å². The number of para-hydroxylation sites is 1. The van der Waals surface area contributed by atoms with Gasteiger partial charge in [0.05, 0.1) is 27.0 Å². The second kappa shape index (κ2) is 10.4. The van der Waals surface area contributed by atoms with E-state index >= 15 is 0 Å². The van der Waals surface area contributed by atoms with E-state index in [9.17, 15) is 0 Å². The summed E-state index contributed by atoms with van der Waals surface area (Å²) in [6.45, 7) is 1.06. The van der Waals surface area contributed by atoms with Gasteiger partial charge in [-0.3, -0.25) is 0 Å². The summed E-state index contributed by atoms with van der Waals surface area (Å²) < 4.78 is 16.8. The van der Waals surface area contributed by atoms with Crippen LogP contribution < -0.4 is 19.6 Å². The molecule has 32 heavy (non-hydrogen) atoms. The molecular formula is C27H26N2O3. The van der Waals surface area contributed by atoms with E-state index < -0.39 is 0 Å². The number of benzene rings is 4. The number of hydrogen-bond acceptors (Lipinski definition) is 5. The van der Waals surface area contributed by atoms with Crippen LogP contribution in [0.3, 0.4) is 0 Å². The number of fused-ring (bicyclic) bond motifs is 1. The molecule has 4 aromatic rings. The number of ether oxygens (including phenoxy) is 3. The summed E-state index contributed by atoms with van der Waals surface area (Å²) >= 11 is 0. The first-order valence-corrected chi connectivity index (χ1v) is 10.4. The van der Waals surface area contributed by atoms with Gasteiger partial charge in [-0.05, 0) is 46.2 Å². The highest BCUT2D eigenvalue weighted by atomic mass is 16.5. The van der Waals surface area contributed by atoms with Gasteiger partial charge in [0.15, 0.2) is 11.5 Å². The first-order chi connectivity index (χ1) is 15.8. The minimum Gasteiger partial charge on any atom is -0.493 e. The van der Waals surface area contributed by atoms with Crippen LogP contribution >= 0.6 is 0 Å². The molecular weight excluding hydrogens is 400 g/mol. The topological polar surface area (TPSA) is 52.1 Å². The van der Waals surface area contributed by atoms with Gasteiger partial charge in [0, 0.05) is 5.56 Å².